The van der Waals surface area contributed by atoms with E-state index < -0.39 is 9.84 Å². The molecule has 0 N–H and O–H groups in total. The Labute approximate surface area is 147 Å². The van der Waals surface area contributed by atoms with Gasteiger partial charge in [-0.25, -0.2) is 8.42 Å². The maximum Gasteiger partial charge on any atom is 0.182 e. The average molecular weight is 360 g/mol. The standard InChI is InChI=1S/C19H20O5S/c1-4-16(20)11-14-5-8-18(9-6-14)25(21,22)13-15-12-17(23-2)7-10-19(15)24-3/h4-10,12H,1,11,13H2,2-3H3. The highest BCUT2D eigenvalue weighted by molar-refractivity contribution is 7.90. The van der Waals surface area contributed by atoms with E-state index in [4.69, 9.17) is 9.47 Å². The molecule has 0 fully saturated rings. The molecule has 0 bridgehead atoms. The van der Waals surface area contributed by atoms with Crippen molar-refractivity contribution in [2.24, 2.45) is 0 Å². The van der Waals surface area contributed by atoms with Gasteiger partial charge in [-0.15, -0.1) is 0 Å². The zero-order valence-corrected chi connectivity index (χ0v) is 15.0. The van der Waals surface area contributed by atoms with Gasteiger partial charge in [-0.1, -0.05) is 18.7 Å². The third-order valence-electron chi connectivity index (χ3n) is 3.72. The van der Waals surface area contributed by atoms with Gasteiger partial charge in [-0.3, -0.25) is 4.79 Å². The maximum atomic E-state index is 12.7. The fourth-order valence-electron chi connectivity index (χ4n) is 2.37. The Morgan fingerprint density at radius 1 is 1.08 bits per heavy atom. The van der Waals surface area contributed by atoms with Crippen molar-refractivity contribution in [1.29, 1.82) is 0 Å². The predicted molar refractivity (Wildman–Crippen MR) is 95.8 cm³/mol. The zero-order chi connectivity index (χ0) is 18.4. The monoisotopic (exact) mass is 360 g/mol. The molecule has 0 unspecified atom stereocenters. The van der Waals surface area contributed by atoms with E-state index in [1.54, 1.807) is 30.3 Å². The summed E-state index contributed by atoms with van der Waals surface area (Å²) in [5, 5.41) is 0. The SMILES string of the molecule is C=CC(=O)Cc1ccc(S(=O)(=O)Cc2cc(OC)ccc2OC)cc1. The van der Waals surface area contributed by atoms with Gasteiger partial charge < -0.3 is 9.47 Å². The fourth-order valence-corrected chi connectivity index (χ4v) is 3.72. The molecule has 0 heterocycles. The van der Waals surface area contributed by atoms with Crippen LogP contribution in [0.25, 0.3) is 0 Å². The van der Waals surface area contributed by atoms with Crippen molar-refractivity contribution in [1.82, 2.24) is 0 Å². The van der Waals surface area contributed by atoms with Crippen LogP contribution in [-0.2, 0) is 26.8 Å². The molecule has 2 aromatic carbocycles. The lowest BCUT2D eigenvalue weighted by atomic mass is 10.1. The molecule has 0 saturated heterocycles. The van der Waals surface area contributed by atoms with Crippen molar-refractivity contribution in [3.05, 3.63) is 66.2 Å². The van der Waals surface area contributed by atoms with Crippen LogP contribution in [-0.4, -0.2) is 28.4 Å². The van der Waals surface area contributed by atoms with Crippen LogP contribution >= 0.6 is 0 Å². The first kappa shape index (κ1) is 18.7. The van der Waals surface area contributed by atoms with Crippen LogP contribution in [0.15, 0.2) is 60.0 Å². The average Bonchev–Trinajstić information content (AvgIpc) is 2.61. The number of rotatable bonds is 8. The molecule has 5 nitrogen and oxygen atoms in total. The summed E-state index contributed by atoms with van der Waals surface area (Å²) in [5.41, 5.74) is 1.26. The van der Waals surface area contributed by atoms with Gasteiger partial charge in [0.15, 0.2) is 15.6 Å². The van der Waals surface area contributed by atoms with E-state index in [9.17, 15) is 13.2 Å². The summed E-state index contributed by atoms with van der Waals surface area (Å²) in [7, 11) is -0.556. The lowest BCUT2D eigenvalue weighted by molar-refractivity contribution is -0.114. The minimum absolute atomic E-state index is 0.114. The molecule has 2 aromatic rings. The summed E-state index contributed by atoms with van der Waals surface area (Å²) in [6, 6.07) is 11.3. The van der Waals surface area contributed by atoms with Gasteiger partial charge >= 0.3 is 0 Å². The number of allylic oxidation sites excluding steroid dienone is 1. The van der Waals surface area contributed by atoms with Crippen molar-refractivity contribution in [3.8, 4) is 11.5 Å². The van der Waals surface area contributed by atoms with E-state index in [-0.39, 0.29) is 22.9 Å². The first-order valence-electron chi connectivity index (χ1n) is 7.57. The summed E-state index contributed by atoms with van der Waals surface area (Å²) in [5.74, 6) is 0.719. The number of methoxy groups -OCH3 is 2. The molecule has 0 amide bonds. The van der Waals surface area contributed by atoms with E-state index in [0.717, 1.165) is 5.56 Å². The Kier molecular flexibility index (Phi) is 5.98. The number of benzene rings is 2. The van der Waals surface area contributed by atoms with E-state index in [1.807, 2.05) is 0 Å². The molecule has 0 aliphatic rings. The van der Waals surface area contributed by atoms with Crippen LogP contribution in [0, 0.1) is 0 Å². The number of sulfone groups is 1. The molecule has 0 aliphatic heterocycles. The van der Waals surface area contributed by atoms with Crippen molar-refractivity contribution in [3.63, 3.8) is 0 Å². The molecular formula is C19H20O5S. The Hall–Kier alpha value is -2.60. The van der Waals surface area contributed by atoms with Crippen LogP contribution < -0.4 is 9.47 Å². The van der Waals surface area contributed by atoms with Crippen molar-refractivity contribution in [2.75, 3.05) is 14.2 Å². The lowest BCUT2D eigenvalue weighted by Gasteiger charge is -2.11. The summed E-state index contributed by atoms with van der Waals surface area (Å²) >= 11 is 0. The molecule has 0 spiro atoms. The second-order valence-corrected chi connectivity index (χ2v) is 7.42. The highest BCUT2D eigenvalue weighted by Crippen LogP contribution is 2.28. The Morgan fingerprint density at radius 2 is 1.76 bits per heavy atom. The van der Waals surface area contributed by atoms with Gasteiger partial charge in [0.05, 0.1) is 24.9 Å². The van der Waals surface area contributed by atoms with Crippen LogP contribution in [0.5, 0.6) is 11.5 Å². The molecule has 132 valence electrons. The van der Waals surface area contributed by atoms with Crippen molar-refractivity contribution in [2.45, 2.75) is 17.1 Å². The largest absolute Gasteiger partial charge is 0.497 e. The van der Waals surface area contributed by atoms with E-state index in [2.05, 4.69) is 6.58 Å². The Balaban J connectivity index is 2.27. The van der Waals surface area contributed by atoms with Gasteiger partial charge in [0.25, 0.3) is 0 Å². The molecule has 2 rings (SSSR count). The Bertz CT molecular complexity index is 867. The molecule has 0 saturated carbocycles. The first-order valence-corrected chi connectivity index (χ1v) is 9.22. The molecule has 0 aromatic heterocycles. The van der Waals surface area contributed by atoms with Crippen molar-refractivity contribution < 1.29 is 22.7 Å². The third kappa shape index (κ3) is 4.70. The lowest BCUT2D eigenvalue weighted by Crippen LogP contribution is -2.07. The topological polar surface area (TPSA) is 69.7 Å². The molecule has 0 aliphatic carbocycles. The summed E-state index contributed by atoms with van der Waals surface area (Å²) in [6.07, 6.45) is 1.45. The van der Waals surface area contributed by atoms with Crippen LogP contribution in [0.2, 0.25) is 0 Å². The summed E-state index contributed by atoms with van der Waals surface area (Å²) in [4.78, 5) is 11.6. The molecule has 0 atom stereocenters. The van der Waals surface area contributed by atoms with Gasteiger partial charge in [0.1, 0.15) is 11.5 Å². The van der Waals surface area contributed by atoms with E-state index >= 15 is 0 Å². The second kappa shape index (κ2) is 7.98. The quantitative estimate of drug-likeness (QED) is 0.677. The maximum absolute atomic E-state index is 12.7. The smallest absolute Gasteiger partial charge is 0.182 e. The van der Waals surface area contributed by atoms with Crippen LogP contribution in [0.1, 0.15) is 11.1 Å². The second-order valence-electron chi connectivity index (χ2n) is 5.43. The molecule has 0 radical (unpaired) electrons. The van der Waals surface area contributed by atoms with Gasteiger partial charge in [-0.2, -0.15) is 0 Å². The normalized spacial score (nSPS) is 11.0. The highest BCUT2D eigenvalue weighted by Gasteiger charge is 2.18. The van der Waals surface area contributed by atoms with Gasteiger partial charge in [0.2, 0.25) is 0 Å². The first-order chi connectivity index (χ1) is 11.9. The zero-order valence-electron chi connectivity index (χ0n) is 14.2. The number of carbonyl (C=O) groups is 1. The molecule has 25 heavy (non-hydrogen) atoms. The molecule has 6 heteroatoms. The van der Waals surface area contributed by atoms with E-state index in [1.165, 1.54) is 32.4 Å². The Morgan fingerprint density at radius 3 is 2.32 bits per heavy atom. The summed E-state index contributed by atoms with van der Waals surface area (Å²) < 4.78 is 35.7. The number of ketones is 1. The van der Waals surface area contributed by atoms with E-state index in [0.29, 0.717) is 17.1 Å². The number of hydrogen-bond donors (Lipinski definition) is 0. The number of ether oxygens (including phenoxy) is 2. The molecular weight excluding hydrogens is 340 g/mol. The van der Waals surface area contributed by atoms with Crippen molar-refractivity contribution >= 4 is 15.6 Å². The summed E-state index contributed by atoms with van der Waals surface area (Å²) in [6.45, 7) is 3.42. The number of carbonyl (C=O) groups excluding carboxylic acids is 1. The highest BCUT2D eigenvalue weighted by atomic mass is 32.2. The predicted octanol–water partition coefficient (Wildman–Crippen LogP) is 2.98. The minimum atomic E-state index is -3.56. The minimum Gasteiger partial charge on any atom is -0.497 e. The third-order valence-corrected chi connectivity index (χ3v) is 5.40. The van der Waals surface area contributed by atoms with Crippen LogP contribution in [0.4, 0.5) is 0 Å². The van der Waals surface area contributed by atoms with Gasteiger partial charge in [-0.05, 0) is 42.0 Å². The number of hydrogen-bond acceptors (Lipinski definition) is 5. The fraction of sp³-hybridized carbons (Fsp3) is 0.211. The van der Waals surface area contributed by atoms with Gasteiger partial charge in [0, 0.05) is 12.0 Å². The van der Waals surface area contributed by atoms with Crippen LogP contribution in [0.3, 0.4) is 0 Å².